The van der Waals surface area contributed by atoms with E-state index in [-0.39, 0.29) is 11.4 Å². The molecular formula is C15H20N2O. The second kappa shape index (κ2) is 6.23. The molecule has 3 heteroatoms. The van der Waals surface area contributed by atoms with Gasteiger partial charge in [-0.05, 0) is 44.5 Å². The van der Waals surface area contributed by atoms with Crippen molar-refractivity contribution in [2.75, 3.05) is 6.54 Å². The number of hydrogen-bond donors (Lipinski definition) is 2. The summed E-state index contributed by atoms with van der Waals surface area (Å²) in [6.07, 6.45) is 0.888. The van der Waals surface area contributed by atoms with Crippen LogP contribution >= 0.6 is 0 Å². The van der Waals surface area contributed by atoms with Crippen LogP contribution in [0, 0.1) is 11.8 Å². The molecule has 0 aliphatic carbocycles. The molecule has 1 rings (SSSR count). The number of nitrogens with one attached hydrogen (secondary N) is 1. The molecular weight excluding hydrogens is 224 g/mol. The van der Waals surface area contributed by atoms with Crippen molar-refractivity contribution in [1.29, 1.82) is 0 Å². The van der Waals surface area contributed by atoms with Crippen LogP contribution in [0.3, 0.4) is 0 Å². The molecule has 0 aliphatic heterocycles. The first-order chi connectivity index (χ1) is 8.48. The first-order valence-corrected chi connectivity index (χ1v) is 6.10. The van der Waals surface area contributed by atoms with E-state index in [2.05, 4.69) is 17.2 Å². The number of amides is 1. The van der Waals surface area contributed by atoms with Gasteiger partial charge in [-0.15, -0.1) is 0 Å². The summed E-state index contributed by atoms with van der Waals surface area (Å²) >= 11 is 0. The van der Waals surface area contributed by atoms with Crippen LogP contribution < -0.4 is 11.1 Å². The van der Waals surface area contributed by atoms with Crippen LogP contribution in [-0.2, 0) is 0 Å². The van der Waals surface area contributed by atoms with Crippen molar-refractivity contribution in [3.8, 4) is 11.8 Å². The maximum absolute atomic E-state index is 12.0. The molecule has 1 aromatic rings. The van der Waals surface area contributed by atoms with E-state index in [1.807, 2.05) is 32.9 Å². The van der Waals surface area contributed by atoms with E-state index in [4.69, 9.17) is 5.73 Å². The minimum Gasteiger partial charge on any atom is -0.347 e. The molecule has 0 unspecified atom stereocenters. The minimum atomic E-state index is -0.185. The van der Waals surface area contributed by atoms with Crippen molar-refractivity contribution in [1.82, 2.24) is 5.32 Å². The van der Waals surface area contributed by atoms with Crippen molar-refractivity contribution < 1.29 is 4.79 Å². The fraction of sp³-hybridized carbons (Fsp3) is 0.400. The Kier molecular flexibility index (Phi) is 4.94. The van der Waals surface area contributed by atoms with Gasteiger partial charge in [-0.25, -0.2) is 0 Å². The van der Waals surface area contributed by atoms with E-state index in [9.17, 15) is 4.79 Å². The van der Waals surface area contributed by atoms with Crippen molar-refractivity contribution >= 4 is 5.91 Å². The third kappa shape index (κ3) is 4.23. The molecule has 0 aromatic heterocycles. The Morgan fingerprint density at radius 2 is 1.94 bits per heavy atom. The van der Waals surface area contributed by atoms with Gasteiger partial charge in [-0.2, -0.15) is 0 Å². The number of carbonyl (C=O) groups is 1. The Bertz CT molecular complexity index is 464. The van der Waals surface area contributed by atoms with Gasteiger partial charge in [-0.3, -0.25) is 4.79 Å². The monoisotopic (exact) mass is 244 g/mol. The molecule has 0 aliphatic rings. The normalized spacial score (nSPS) is 10.4. The van der Waals surface area contributed by atoms with Gasteiger partial charge in [0.1, 0.15) is 0 Å². The van der Waals surface area contributed by atoms with Gasteiger partial charge in [0.25, 0.3) is 5.91 Å². The Morgan fingerprint density at radius 3 is 2.44 bits per heavy atom. The zero-order chi connectivity index (χ0) is 13.6. The van der Waals surface area contributed by atoms with Crippen LogP contribution in [0.15, 0.2) is 24.3 Å². The third-order valence-corrected chi connectivity index (χ3v) is 2.82. The summed E-state index contributed by atoms with van der Waals surface area (Å²) in [4.78, 5) is 12.0. The maximum atomic E-state index is 12.0. The molecule has 1 aromatic carbocycles. The van der Waals surface area contributed by atoms with Gasteiger partial charge in [0.05, 0.1) is 6.54 Å². The van der Waals surface area contributed by atoms with Crippen molar-refractivity contribution in [2.45, 2.75) is 32.7 Å². The highest BCUT2D eigenvalue weighted by Gasteiger charge is 2.18. The minimum absolute atomic E-state index is 0.0554. The first kappa shape index (κ1) is 14.3. The predicted octanol–water partition coefficient (Wildman–Crippen LogP) is 1.92. The van der Waals surface area contributed by atoms with Crippen molar-refractivity contribution in [3.05, 3.63) is 35.4 Å². The van der Waals surface area contributed by atoms with Crippen molar-refractivity contribution in [3.63, 3.8) is 0 Å². The van der Waals surface area contributed by atoms with E-state index in [1.54, 1.807) is 12.1 Å². The summed E-state index contributed by atoms with van der Waals surface area (Å²) in [5, 5.41) is 2.99. The van der Waals surface area contributed by atoms with E-state index < -0.39 is 0 Å². The Morgan fingerprint density at radius 1 is 1.33 bits per heavy atom. The molecule has 96 valence electrons. The molecule has 0 saturated heterocycles. The SMILES string of the molecule is CCC(C)(C)NC(=O)c1ccc(C#CCN)cc1. The van der Waals surface area contributed by atoms with Crippen molar-refractivity contribution in [2.24, 2.45) is 5.73 Å². The lowest BCUT2D eigenvalue weighted by Crippen LogP contribution is -2.42. The highest BCUT2D eigenvalue weighted by molar-refractivity contribution is 5.94. The van der Waals surface area contributed by atoms with Gasteiger partial charge < -0.3 is 11.1 Å². The van der Waals surface area contributed by atoms with E-state index in [0.717, 1.165) is 12.0 Å². The van der Waals surface area contributed by atoms with Gasteiger partial charge >= 0.3 is 0 Å². The lowest BCUT2D eigenvalue weighted by Gasteiger charge is -2.24. The molecule has 3 N–H and O–H groups in total. The molecule has 0 bridgehead atoms. The Balaban J connectivity index is 2.76. The van der Waals surface area contributed by atoms with E-state index in [1.165, 1.54) is 0 Å². The largest absolute Gasteiger partial charge is 0.347 e. The number of benzene rings is 1. The van der Waals surface area contributed by atoms with E-state index in [0.29, 0.717) is 12.1 Å². The van der Waals surface area contributed by atoms with Gasteiger partial charge in [0, 0.05) is 16.7 Å². The second-order valence-electron chi connectivity index (χ2n) is 4.77. The zero-order valence-electron chi connectivity index (χ0n) is 11.2. The molecule has 0 spiro atoms. The summed E-state index contributed by atoms with van der Waals surface area (Å²) in [5.74, 6) is 5.65. The smallest absolute Gasteiger partial charge is 0.251 e. The van der Waals surface area contributed by atoms with Gasteiger partial charge in [-0.1, -0.05) is 18.8 Å². The quantitative estimate of drug-likeness (QED) is 0.798. The highest BCUT2D eigenvalue weighted by atomic mass is 16.1. The molecule has 0 atom stereocenters. The fourth-order valence-electron chi connectivity index (χ4n) is 1.33. The van der Waals surface area contributed by atoms with Crippen LogP contribution in [0.5, 0.6) is 0 Å². The molecule has 18 heavy (non-hydrogen) atoms. The second-order valence-corrected chi connectivity index (χ2v) is 4.77. The summed E-state index contributed by atoms with van der Waals surface area (Å²) in [5.41, 5.74) is 6.63. The van der Waals surface area contributed by atoms with Crippen LogP contribution in [0.1, 0.15) is 43.1 Å². The molecule has 0 radical (unpaired) electrons. The van der Waals surface area contributed by atoms with Crippen LogP contribution in [-0.4, -0.2) is 18.0 Å². The predicted molar refractivity (Wildman–Crippen MR) is 74.2 cm³/mol. The van der Waals surface area contributed by atoms with Crippen LogP contribution in [0.25, 0.3) is 0 Å². The first-order valence-electron chi connectivity index (χ1n) is 6.10. The molecule has 1 amide bonds. The molecule has 0 heterocycles. The Hall–Kier alpha value is -1.79. The lowest BCUT2D eigenvalue weighted by molar-refractivity contribution is 0.0911. The number of carbonyl (C=O) groups excluding carboxylic acids is 1. The molecule has 0 saturated carbocycles. The Labute approximate surface area is 109 Å². The molecule has 0 fully saturated rings. The van der Waals surface area contributed by atoms with Crippen LogP contribution in [0.2, 0.25) is 0 Å². The highest BCUT2D eigenvalue weighted by Crippen LogP contribution is 2.10. The van der Waals surface area contributed by atoms with Gasteiger partial charge in [0.15, 0.2) is 0 Å². The number of hydrogen-bond acceptors (Lipinski definition) is 2. The molecule has 3 nitrogen and oxygen atoms in total. The van der Waals surface area contributed by atoms with E-state index >= 15 is 0 Å². The average molecular weight is 244 g/mol. The number of nitrogens with two attached hydrogens (primary N) is 1. The topological polar surface area (TPSA) is 55.1 Å². The standard InChI is InChI=1S/C15H20N2O/c1-4-15(2,3)17-14(18)13-9-7-12(8-10-13)6-5-11-16/h7-10H,4,11,16H2,1-3H3,(H,17,18). The summed E-state index contributed by atoms with van der Waals surface area (Å²) in [6, 6.07) is 7.22. The summed E-state index contributed by atoms with van der Waals surface area (Å²) in [7, 11) is 0. The van der Waals surface area contributed by atoms with Crippen LogP contribution in [0.4, 0.5) is 0 Å². The lowest BCUT2D eigenvalue weighted by atomic mass is 10.0. The number of rotatable bonds is 3. The maximum Gasteiger partial charge on any atom is 0.251 e. The zero-order valence-corrected chi connectivity index (χ0v) is 11.2. The average Bonchev–Trinajstić information content (AvgIpc) is 2.36. The van der Waals surface area contributed by atoms with Gasteiger partial charge in [0.2, 0.25) is 0 Å². The fourth-order valence-corrected chi connectivity index (χ4v) is 1.33. The third-order valence-electron chi connectivity index (χ3n) is 2.82. The summed E-state index contributed by atoms with van der Waals surface area (Å²) in [6.45, 7) is 6.40. The summed E-state index contributed by atoms with van der Waals surface area (Å²) < 4.78 is 0.